The van der Waals surface area contributed by atoms with Crippen LogP contribution < -0.4 is 11.1 Å². The lowest BCUT2D eigenvalue weighted by Gasteiger charge is -2.08. The normalized spacial score (nSPS) is 9.89. The van der Waals surface area contributed by atoms with Crippen molar-refractivity contribution in [3.63, 3.8) is 0 Å². The first kappa shape index (κ1) is 12.7. The van der Waals surface area contributed by atoms with Crippen LogP contribution in [0.3, 0.4) is 0 Å². The predicted molar refractivity (Wildman–Crippen MR) is 74.6 cm³/mol. The monoisotopic (exact) mass is 254 g/mol. The van der Waals surface area contributed by atoms with E-state index in [0.717, 1.165) is 0 Å². The summed E-state index contributed by atoms with van der Waals surface area (Å²) in [4.78, 5) is 12.2. The third kappa shape index (κ3) is 2.58. The number of aromatic nitrogens is 2. The second kappa shape index (κ2) is 5.27. The molecule has 0 atom stereocenters. The van der Waals surface area contributed by atoms with E-state index in [2.05, 4.69) is 16.3 Å². The number of rotatable bonds is 3. The maximum Gasteiger partial charge on any atom is 0.276 e. The van der Waals surface area contributed by atoms with Gasteiger partial charge in [-0.3, -0.25) is 9.48 Å². The smallest absolute Gasteiger partial charge is 0.276 e. The first-order chi connectivity index (χ1) is 9.15. The van der Waals surface area contributed by atoms with Crippen molar-refractivity contribution in [2.75, 3.05) is 11.1 Å². The van der Waals surface area contributed by atoms with Gasteiger partial charge in [0.25, 0.3) is 5.91 Å². The number of nitrogen functional groups attached to an aromatic ring is 1. The van der Waals surface area contributed by atoms with Crippen LogP contribution in [0.5, 0.6) is 0 Å². The second-order valence-electron chi connectivity index (χ2n) is 3.94. The maximum atomic E-state index is 12.2. The molecule has 0 unspecified atom stereocenters. The number of benzene rings is 1. The van der Waals surface area contributed by atoms with Crippen LogP contribution in [0.1, 0.15) is 23.0 Å². The van der Waals surface area contributed by atoms with Gasteiger partial charge in [-0.1, -0.05) is 12.0 Å². The highest BCUT2D eigenvalue weighted by Crippen LogP contribution is 2.15. The zero-order valence-corrected chi connectivity index (χ0v) is 10.6. The standard InChI is InChI=1S/C14H14N4O/c1-3-10-6-5-7-11(8-10)17-14(19)13-12(15)9-16-18(13)4-2/h1,5-9H,4,15H2,2H3,(H,17,19). The molecule has 1 heterocycles. The Bertz CT molecular complexity index is 652. The summed E-state index contributed by atoms with van der Waals surface area (Å²) in [6.07, 6.45) is 6.79. The van der Waals surface area contributed by atoms with E-state index >= 15 is 0 Å². The van der Waals surface area contributed by atoms with E-state index in [1.807, 2.05) is 6.92 Å². The lowest BCUT2D eigenvalue weighted by Crippen LogP contribution is -2.18. The molecule has 1 amide bonds. The number of carbonyl (C=O) groups is 1. The van der Waals surface area contributed by atoms with Crippen LogP contribution in [0.15, 0.2) is 30.5 Å². The van der Waals surface area contributed by atoms with Gasteiger partial charge in [0.1, 0.15) is 5.69 Å². The molecule has 0 saturated carbocycles. The van der Waals surface area contributed by atoms with Crippen molar-refractivity contribution in [1.29, 1.82) is 0 Å². The fourth-order valence-electron chi connectivity index (χ4n) is 1.76. The number of carbonyl (C=O) groups excluding carboxylic acids is 1. The summed E-state index contributed by atoms with van der Waals surface area (Å²) in [7, 11) is 0. The summed E-state index contributed by atoms with van der Waals surface area (Å²) in [5.41, 5.74) is 7.79. The number of terminal acetylenes is 1. The van der Waals surface area contributed by atoms with E-state index in [4.69, 9.17) is 12.2 Å². The van der Waals surface area contributed by atoms with Gasteiger partial charge in [0.2, 0.25) is 0 Å². The van der Waals surface area contributed by atoms with Crippen molar-refractivity contribution in [2.24, 2.45) is 0 Å². The van der Waals surface area contributed by atoms with E-state index in [1.165, 1.54) is 6.20 Å². The molecule has 2 aromatic rings. The maximum absolute atomic E-state index is 12.2. The quantitative estimate of drug-likeness (QED) is 0.819. The minimum absolute atomic E-state index is 0.300. The third-order valence-electron chi connectivity index (χ3n) is 2.67. The van der Waals surface area contributed by atoms with Gasteiger partial charge in [0.15, 0.2) is 0 Å². The molecule has 0 aliphatic heterocycles. The Morgan fingerprint density at radius 2 is 2.37 bits per heavy atom. The molecule has 0 aliphatic rings. The van der Waals surface area contributed by atoms with E-state index in [0.29, 0.717) is 29.2 Å². The van der Waals surface area contributed by atoms with Crippen LogP contribution in [0.4, 0.5) is 11.4 Å². The number of amides is 1. The molecule has 1 aromatic carbocycles. The molecule has 0 aliphatic carbocycles. The van der Waals surface area contributed by atoms with E-state index in [1.54, 1.807) is 28.9 Å². The molecule has 0 fully saturated rings. The van der Waals surface area contributed by atoms with Gasteiger partial charge in [0.05, 0.1) is 11.9 Å². The average Bonchev–Trinajstić information content (AvgIpc) is 2.80. The fraction of sp³-hybridized carbons (Fsp3) is 0.143. The Labute approximate surface area is 111 Å². The number of anilines is 2. The summed E-state index contributed by atoms with van der Waals surface area (Å²) in [6, 6.07) is 7.06. The number of nitrogens with zero attached hydrogens (tertiary/aromatic N) is 2. The van der Waals surface area contributed by atoms with Crippen molar-refractivity contribution < 1.29 is 4.79 Å². The molecule has 3 N–H and O–H groups in total. The lowest BCUT2D eigenvalue weighted by atomic mass is 10.2. The largest absolute Gasteiger partial charge is 0.396 e. The Hall–Kier alpha value is -2.74. The van der Waals surface area contributed by atoms with E-state index < -0.39 is 0 Å². The molecule has 0 bridgehead atoms. The van der Waals surface area contributed by atoms with Crippen molar-refractivity contribution in [1.82, 2.24) is 9.78 Å². The highest BCUT2D eigenvalue weighted by Gasteiger charge is 2.16. The van der Waals surface area contributed by atoms with Crippen LogP contribution in [0.25, 0.3) is 0 Å². The van der Waals surface area contributed by atoms with Gasteiger partial charge < -0.3 is 11.1 Å². The first-order valence-electron chi connectivity index (χ1n) is 5.85. The number of nitrogens with one attached hydrogen (secondary N) is 1. The number of hydrogen-bond acceptors (Lipinski definition) is 3. The molecule has 5 heteroatoms. The van der Waals surface area contributed by atoms with Crippen molar-refractivity contribution >= 4 is 17.3 Å². The zero-order valence-electron chi connectivity index (χ0n) is 10.6. The first-order valence-corrected chi connectivity index (χ1v) is 5.85. The molecule has 1 aromatic heterocycles. The Morgan fingerprint density at radius 3 is 3.05 bits per heavy atom. The van der Waals surface area contributed by atoms with Crippen molar-refractivity contribution in [2.45, 2.75) is 13.5 Å². The van der Waals surface area contributed by atoms with Crippen molar-refractivity contribution in [3.8, 4) is 12.3 Å². The summed E-state index contributed by atoms with van der Waals surface area (Å²) in [5, 5.41) is 6.79. The van der Waals surface area contributed by atoms with E-state index in [9.17, 15) is 4.79 Å². The number of nitrogens with two attached hydrogens (primary N) is 1. The summed E-state index contributed by atoms with van der Waals surface area (Å²) >= 11 is 0. The minimum atomic E-state index is -0.300. The SMILES string of the molecule is C#Cc1cccc(NC(=O)c2c(N)cnn2CC)c1. The Kier molecular flexibility index (Phi) is 3.53. The summed E-state index contributed by atoms with van der Waals surface area (Å²) in [6.45, 7) is 2.46. The Balaban J connectivity index is 2.26. The summed E-state index contributed by atoms with van der Waals surface area (Å²) in [5.74, 6) is 2.22. The Morgan fingerprint density at radius 1 is 1.58 bits per heavy atom. The molecular weight excluding hydrogens is 240 g/mol. The van der Waals surface area contributed by atoms with Crippen LogP contribution in [-0.2, 0) is 6.54 Å². The molecular formula is C14H14N4O. The molecule has 5 nitrogen and oxygen atoms in total. The number of hydrogen-bond donors (Lipinski definition) is 2. The van der Waals surface area contributed by atoms with Gasteiger partial charge >= 0.3 is 0 Å². The van der Waals surface area contributed by atoms with Crippen LogP contribution in [0, 0.1) is 12.3 Å². The zero-order chi connectivity index (χ0) is 13.8. The predicted octanol–water partition coefficient (Wildman–Crippen LogP) is 1.72. The topological polar surface area (TPSA) is 72.9 Å². The average molecular weight is 254 g/mol. The van der Waals surface area contributed by atoms with Crippen LogP contribution in [0.2, 0.25) is 0 Å². The summed E-state index contributed by atoms with van der Waals surface area (Å²) < 4.78 is 1.55. The van der Waals surface area contributed by atoms with Crippen LogP contribution in [-0.4, -0.2) is 15.7 Å². The van der Waals surface area contributed by atoms with Gasteiger partial charge in [-0.2, -0.15) is 5.10 Å². The molecule has 0 spiro atoms. The molecule has 2 rings (SSSR count). The third-order valence-corrected chi connectivity index (χ3v) is 2.67. The fourth-order valence-corrected chi connectivity index (χ4v) is 1.76. The molecule has 0 radical (unpaired) electrons. The van der Waals surface area contributed by atoms with Crippen LogP contribution >= 0.6 is 0 Å². The minimum Gasteiger partial charge on any atom is -0.396 e. The number of aryl methyl sites for hydroxylation is 1. The molecule has 96 valence electrons. The van der Waals surface area contributed by atoms with Crippen molar-refractivity contribution in [3.05, 3.63) is 41.7 Å². The van der Waals surface area contributed by atoms with Gasteiger partial charge in [-0.25, -0.2) is 0 Å². The highest BCUT2D eigenvalue weighted by atomic mass is 16.2. The van der Waals surface area contributed by atoms with Gasteiger partial charge in [-0.05, 0) is 25.1 Å². The van der Waals surface area contributed by atoms with E-state index in [-0.39, 0.29) is 5.91 Å². The molecule has 19 heavy (non-hydrogen) atoms. The second-order valence-corrected chi connectivity index (χ2v) is 3.94. The lowest BCUT2D eigenvalue weighted by molar-refractivity contribution is 0.101. The van der Waals surface area contributed by atoms with Gasteiger partial charge in [0, 0.05) is 17.8 Å². The highest BCUT2D eigenvalue weighted by molar-refractivity contribution is 6.06. The van der Waals surface area contributed by atoms with Gasteiger partial charge in [-0.15, -0.1) is 6.42 Å². The molecule has 0 saturated heterocycles.